The average molecular weight is 761 g/mol. The van der Waals surface area contributed by atoms with Crippen LogP contribution in [0.2, 0.25) is 10.3 Å². The van der Waals surface area contributed by atoms with Crippen LogP contribution in [0.5, 0.6) is 0 Å². The lowest BCUT2D eigenvalue weighted by Gasteiger charge is -2.18. The molecule has 0 spiro atoms. The maximum Gasteiger partial charge on any atom is 0.419 e. The zero-order valence-corrected chi connectivity index (χ0v) is 28.0. The van der Waals surface area contributed by atoms with E-state index in [1.807, 2.05) is 19.1 Å². The van der Waals surface area contributed by atoms with Crippen molar-refractivity contribution in [2.45, 2.75) is 13.1 Å². The summed E-state index contributed by atoms with van der Waals surface area (Å²) >= 11 is 13.5. The van der Waals surface area contributed by atoms with Crippen molar-refractivity contribution >= 4 is 74.7 Å². The minimum atomic E-state index is -4.60. The number of alkyl halides is 3. The summed E-state index contributed by atoms with van der Waals surface area (Å²) in [4.78, 5) is 33.7. The average Bonchev–Trinajstić information content (AvgIpc) is 2.95. The number of aromatic nitrogens is 2. The Balaban J connectivity index is 0.000000266. The number of nitrogens with two attached hydrogens (primary N) is 1. The molecule has 0 fully saturated rings. The van der Waals surface area contributed by atoms with Gasteiger partial charge >= 0.3 is 6.18 Å². The highest BCUT2D eigenvalue weighted by atomic mass is 127. The number of rotatable bonds is 4. The third-order valence-corrected chi connectivity index (χ3v) is 7.19. The standard InChI is InChI=1S/C15H13ClF3N3O.C9H12N2O.C6H5ClIN/c1-22(2)14(23)9-5-3-4-6-11(9)21-12-7-13(16)20-8-10(12)15(17,18)19;1-11(2)9(12)7-5-3-4-6-8(7)10;1-4-3-9-6(7)2-5(4)8/h3-8H,1-2H3,(H,20,21);3-6H,10H2,1-2H3;2-3H,1H3. The molecule has 0 bridgehead atoms. The SMILES string of the molecule is CN(C)C(=O)c1ccccc1N.CN(C)C(=O)c1ccccc1Nc1cc(Cl)ncc1C(F)(F)F.Cc1cnc(Cl)cc1I. The number of carbonyl (C=O) groups excluding carboxylic acids is 2. The van der Waals surface area contributed by atoms with Gasteiger partial charge < -0.3 is 20.9 Å². The summed E-state index contributed by atoms with van der Waals surface area (Å²) in [5.74, 6) is -0.394. The minimum Gasteiger partial charge on any atom is -0.398 e. The molecule has 0 atom stereocenters. The van der Waals surface area contributed by atoms with Gasteiger partial charge in [-0.05, 0) is 71.5 Å². The van der Waals surface area contributed by atoms with Gasteiger partial charge in [0.1, 0.15) is 10.3 Å². The van der Waals surface area contributed by atoms with Crippen LogP contribution in [0.4, 0.5) is 30.2 Å². The van der Waals surface area contributed by atoms with E-state index in [0.717, 1.165) is 9.64 Å². The Bertz CT molecular complexity index is 1600. The van der Waals surface area contributed by atoms with Crippen molar-refractivity contribution in [1.29, 1.82) is 0 Å². The Morgan fingerprint density at radius 1 is 0.818 bits per heavy atom. The van der Waals surface area contributed by atoms with Crippen molar-refractivity contribution in [3.05, 3.63) is 109 Å². The second kappa shape index (κ2) is 16.5. The van der Waals surface area contributed by atoms with Crippen molar-refractivity contribution in [3.8, 4) is 0 Å². The highest BCUT2D eigenvalue weighted by Gasteiger charge is 2.34. The third-order valence-electron chi connectivity index (χ3n) is 5.61. The summed E-state index contributed by atoms with van der Waals surface area (Å²) in [6.07, 6.45) is -2.18. The Kier molecular flexibility index (Phi) is 13.7. The number of hydrogen-bond acceptors (Lipinski definition) is 6. The van der Waals surface area contributed by atoms with E-state index in [4.69, 9.17) is 28.9 Å². The number of nitrogens with zero attached hydrogens (tertiary/aromatic N) is 4. The summed E-state index contributed by atoms with van der Waals surface area (Å²) in [5.41, 5.74) is 7.13. The van der Waals surface area contributed by atoms with E-state index >= 15 is 0 Å². The van der Waals surface area contributed by atoms with E-state index in [0.29, 0.717) is 22.6 Å². The highest BCUT2D eigenvalue weighted by Crippen LogP contribution is 2.37. The van der Waals surface area contributed by atoms with Gasteiger partial charge in [0, 0.05) is 49.8 Å². The van der Waals surface area contributed by atoms with E-state index in [-0.39, 0.29) is 33.9 Å². The molecule has 234 valence electrons. The first kappa shape index (κ1) is 36.6. The maximum atomic E-state index is 13.1. The molecule has 0 radical (unpaired) electrons. The molecule has 0 aliphatic carbocycles. The van der Waals surface area contributed by atoms with Crippen LogP contribution in [0, 0.1) is 10.5 Å². The van der Waals surface area contributed by atoms with Gasteiger partial charge in [0.25, 0.3) is 11.8 Å². The van der Waals surface area contributed by atoms with E-state index in [1.54, 1.807) is 64.7 Å². The van der Waals surface area contributed by atoms with E-state index in [2.05, 4.69) is 37.9 Å². The lowest BCUT2D eigenvalue weighted by Crippen LogP contribution is -2.22. The van der Waals surface area contributed by atoms with Gasteiger partial charge in [0.15, 0.2) is 0 Å². The van der Waals surface area contributed by atoms with Crippen molar-refractivity contribution in [1.82, 2.24) is 19.8 Å². The van der Waals surface area contributed by atoms with E-state index in [1.165, 1.54) is 27.5 Å². The van der Waals surface area contributed by atoms with Gasteiger partial charge in [-0.1, -0.05) is 47.5 Å². The maximum absolute atomic E-state index is 13.1. The molecular formula is C30H30Cl2F3IN6O2. The predicted molar refractivity (Wildman–Crippen MR) is 178 cm³/mol. The molecule has 2 heterocycles. The molecule has 0 saturated heterocycles. The Labute approximate surface area is 277 Å². The number of amides is 2. The van der Waals surface area contributed by atoms with Crippen LogP contribution in [0.15, 0.2) is 73.1 Å². The molecule has 2 amide bonds. The van der Waals surface area contributed by atoms with Gasteiger partial charge in [-0.15, -0.1) is 0 Å². The fourth-order valence-corrected chi connectivity index (χ4v) is 4.27. The molecule has 8 nitrogen and oxygen atoms in total. The first-order valence-electron chi connectivity index (χ1n) is 12.7. The molecule has 4 aromatic rings. The van der Waals surface area contributed by atoms with Crippen molar-refractivity contribution in [2.75, 3.05) is 39.2 Å². The first-order chi connectivity index (χ1) is 20.5. The van der Waals surface area contributed by atoms with E-state index in [9.17, 15) is 22.8 Å². The fraction of sp³-hybridized carbons (Fsp3) is 0.200. The molecule has 0 saturated carbocycles. The van der Waals surface area contributed by atoms with Gasteiger partial charge in [-0.3, -0.25) is 9.59 Å². The van der Waals surface area contributed by atoms with Crippen LogP contribution in [0.1, 0.15) is 31.8 Å². The Morgan fingerprint density at radius 3 is 1.84 bits per heavy atom. The zero-order valence-electron chi connectivity index (χ0n) is 24.4. The summed E-state index contributed by atoms with van der Waals surface area (Å²) in [6, 6.07) is 16.3. The summed E-state index contributed by atoms with van der Waals surface area (Å²) in [5, 5.41) is 3.11. The first-order valence-corrected chi connectivity index (χ1v) is 14.5. The topological polar surface area (TPSA) is 104 Å². The van der Waals surface area contributed by atoms with Crippen LogP contribution in [-0.4, -0.2) is 59.8 Å². The molecule has 4 rings (SSSR count). The molecule has 2 aromatic heterocycles. The van der Waals surface area contributed by atoms with Crippen LogP contribution >= 0.6 is 45.8 Å². The van der Waals surface area contributed by atoms with Crippen LogP contribution in [0.3, 0.4) is 0 Å². The number of halogens is 6. The largest absolute Gasteiger partial charge is 0.419 e. The Morgan fingerprint density at radius 2 is 1.32 bits per heavy atom. The molecule has 14 heteroatoms. The van der Waals surface area contributed by atoms with Gasteiger partial charge in [-0.25, -0.2) is 9.97 Å². The predicted octanol–water partition coefficient (Wildman–Crippen LogP) is 7.82. The lowest BCUT2D eigenvalue weighted by atomic mass is 10.1. The molecular weight excluding hydrogens is 731 g/mol. The summed E-state index contributed by atoms with van der Waals surface area (Å²) in [7, 11) is 6.52. The van der Waals surface area contributed by atoms with Crippen LogP contribution in [0.25, 0.3) is 0 Å². The smallest absolute Gasteiger partial charge is 0.398 e. The minimum absolute atomic E-state index is 0.0619. The number of anilines is 3. The normalized spacial score (nSPS) is 10.4. The number of carbonyl (C=O) groups is 2. The van der Waals surface area contributed by atoms with Crippen molar-refractivity contribution < 1.29 is 22.8 Å². The second-order valence-corrected chi connectivity index (χ2v) is 11.4. The van der Waals surface area contributed by atoms with Gasteiger partial charge in [0.2, 0.25) is 0 Å². The number of nitrogens with one attached hydrogen (secondary N) is 1. The lowest BCUT2D eigenvalue weighted by molar-refractivity contribution is -0.137. The number of hydrogen-bond donors (Lipinski definition) is 2. The monoisotopic (exact) mass is 760 g/mol. The van der Waals surface area contributed by atoms with Crippen molar-refractivity contribution in [2.24, 2.45) is 0 Å². The third kappa shape index (κ3) is 10.8. The molecule has 44 heavy (non-hydrogen) atoms. The summed E-state index contributed by atoms with van der Waals surface area (Å²) < 4.78 is 40.4. The fourth-order valence-electron chi connectivity index (χ4n) is 3.33. The highest BCUT2D eigenvalue weighted by molar-refractivity contribution is 14.1. The second-order valence-electron chi connectivity index (χ2n) is 9.46. The van der Waals surface area contributed by atoms with Crippen LogP contribution in [-0.2, 0) is 6.18 Å². The number of para-hydroxylation sites is 2. The van der Waals surface area contributed by atoms with Crippen molar-refractivity contribution in [3.63, 3.8) is 0 Å². The number of pyridine rings is 2. The number of nitrogen functional groups attached to an aromatic ring is 1. The quantitative estimate of drug-likeness (QED) is 0.125. The molecule has 0 unspecified atom stereocenters. The van der Waals surface area contributed by atoms with Crippen LogP contribution < -0.4 is 11.1 Å². The molecule has 3 N–H and O–H groups in total. The summed E-state index contributed by atoms with van der Waals surface area (Å²) in [6.45, 7) is 2.01. The Hall–Kier alpha value is -3.62. The van der Waals surface area contributed by atoms with Gasteiger partial charge in [0.05, 0.1) is 28.1 Å². The van der Waals surface area contributed by atoms with E-state index < -0.39 is 11.7 Å². The molecule has 0 aliphatic heterocycles. The zero-order chi connectivity index (χ0) is 33.2. The number of aryl methyl sites for hydroxylation is 1. The van der Waals surface area contributed by atoms with Gasteiger partial charge in [-0.2, -0.15) is 13.2 Å². The molecule has 2 aromatic carbocycles. The number of benzene rings is 2. The molecule has 0 aliphatic rings.